The molecular weight excluding hydrogens is 700 g/mol. The molecule has 2 aliphatic rings. The molecule has 207 valence electrons. The number of benzene rings is 5. The summed E-state index contributed by atoms with van der Waals surface area (Å²) in [5.41, 5.74) is 16.0. The summed E-state index contributed by atoms with van der Waals surface area (Å²) >= 11 is 1.10. The first-order valence-corrected chi connectivity index (χ1v) is 17.4. The van der Waals surface area contributed by atoms with Crippen molar-refractivity contribution in [2.24, 2.45) is 0 Å². The molecule has 2 aliphatic carbocycles. The van der Waals surface area contributed by atoms with Gasteiger partial charge >= 0.3 is 269 Å². The molecule has 7 rings (SSSR count). The van der Waals surface area contributed by atoms with Crippen molar-refractivity contribution in [1.29, 1.82) is 0 Å². The molecule has 5 aromatic carbocycles. The molecule has 0 heterocycles. The monoisotopic (exact) mass is 739 g/mol. The zero-order valence-electron chi connectivity index (χ0n) is 25.3. The van der Waals surface area contributed by atoms with E-state index in [2.05, 4.69) is 143 Å². The molecule has 1 spiro atoms. The van der Waals surface area contributed by atoms with Crippen LogP contribution in [0.4, 0.5) is 0 Å². The van der Waals surface area contributed by atoms with Crippen molar-refractivity contribution in [1.82, 2.24) is 0 Å². The average Bonchev–Trinajstić information content (AvgIpc) is 3.02. The predicted octanol–water partition coefficient (Wildman–Crippen LogP) is 9.54. The number of rotatable bonds is 3. The van der Waals surface area contributed by atoms with Crippen molar-refractivity contribution in [2.75, 3.05) is 0 Å². The molecule has 2 atom stereocenters. The summed E-state index contributed by atoms with van der Waals surface area (Å²) in [6.45, 7) is 9.24. The second-order valence-electron chi connectivity index (χ2n) is 13.0. The van der Waals surface area contributed by atoms with Gasteiger partial charge in [0.25, 0.3) is 0 Å². The third kappa shape index (κ3) is 4.04. The molecule has 0 amide bonds. The van der Waals surface area contributed by atoms with E-state index in [0.29, 0.717) is 0 Å². The van der Waals surface area contributed by atoms with Crippen molar-refractivity contribution < 1.29 is 0 Å². The third-order valence-electron chi connectivity index (χ3n) is 10.9. The van der Waals surface area contributed by atoms with Crippen LogP contribution in [-0.2, 0) is 13.8 Å². The first-order chi connectivity index (χ1) is 20.3. The van der Waals surface area contributed by atoms with Gasteiger partial charge in [-0.15, -0.1) is 0 Å². The fourth-order valence-corrected chi connectivity index (χ4v) is 10.2. The van der Waals surface area contributed by atoms with Gasteiger partial charge in [-0.2, -0.15) is 0 Å². The Morgan fingerprint density at radius 3 is 1.31 bits per heavy atom. The van der Waals surface area contributed by atoms with E-state index in [-0.39, 0.29) is 13.8 Å². The third-order valence-corrected chi connectivity index (χ3v) is 14.0. The summed E-state index contributed by atoms with van der Waals surface area (Å²) in [7, 11) is 0. The second-order valence-corrected chi connectivity index (χ2v) is 16.3. The summed E-state index contributed by atoms with van der Waals surface area (Å²) in [5, 5.41) is 0. The molecule has 0 bridgehead atoms. The van der Waals surface area contributed by atoms with E-state index in [1.165, 1.54) is 57.3 Å². The quantitative estimate of drug-likeness (QED) is 0.162. The number of fused-ring (bicyclic) bond motifs is 4. The Balaban J connectivity index is 1.55. The summed E-state index contributed by atoms with van der Waals surface area (Å²) in [6.07, 6.45) is 4.64. The van der Waals surface area contributed by atoms with Crippen LogP contribution < -0.4 is 0 Å². The van der Waals surface area contributed by atoms with Gasteiger partial charge < -0.3 is 0 Å². The Labute approximate surface area is 267 Å². The zero-order chi connectivity index (χ0) is 29.1. The Morgan fingerprint density at radius 2 is 0.810 bits per heavy atom. The molecule has 0 fully saturated rings. The molecule has 2 unspecified atom stereocenters. The van der Waals surface area contributed by atoms with E-state index < -0.39 is 0 Å². The van der Waals surface area contributed by atoms with E-state index in [1.807, 2.05) is 0 Å². The molecule has 0 saturated carbocycles. The van der Waals surface area contributed by atoms with Gasteiger partial charge in [0.05, 0.1) is 0 Å². The van der Waals surface area contributed by atoms with Gasteiger partial charge in [0, 0.05) is 0 Å². The number of hydrogen-bond acceptors (Lipinski definition) is 0. The predicted molar refractivity (Wildman–Crippen MR) is 177 cm³/mol. The first kappa shape index (κ1) is 27.8. The van der Waals surface area contributed by atoms with Crippen LogP contribution in [0.5, 0.6) is 0 Å². The van der Waals surface area contributed by atoms with Crippen LogP contribution in [0.2, 0.25) is 0 Å². The maximum absolute atomic E-state index is 2.59. The molecular formula is C41H39Pb. The Bertz CT molecular complexity index is 1730. The second kappa shape index (κ2) is 10.3. The molecule has 0 aliphatic heterocycles. The van der Waals surface area contributed by atoms with E-state index in [1.54, 1.807) is 16.7 Å². The summed E-state index contributed by atoms with van der Waals surface area (Å²) in [4.78, 5) is 0. The zero-order valence-corrected chi connectivity index (χ0v) is 29.2. The molecule has 1 heteroatoms. The molecule has 0 N–H and O–H groups in total. The molecule has 0 nitrogen and oxygen atoms in total. The van der Waals surface area contributed by atoms with Gasteiger partial charge in [-0.1, -0.05) is 0 Å². The van der Waals surface area contributed by atoms with Gasteiger partial charge in [0.15, 0.2) is 0 Å². The molecule has 5 aromatic rings. The van der Waals surface area contributed by atoms with Crippen LogP contribution in [0.25, 0.3) is 0 Å². The van der Waals surface area contributed by atoms with Crippen molar-refractivity contribution >= 4 is 25.8 Å². The summed E-state index contributed by atoms with van der Waals surface area (Å²) in [5.74, 6) is 0. The van der Waals surface area contributed by atoms with Crippen molar-refractivity contribution in [3.05, 3.63) is 176 Å². The van der Waals surface area contributed by atoms with Crippen LogP contribution in [0.3, 0.4) is 0 Å². The van der Waals surface area contributed by atoms with Crippen LogP contribution in [0.15, 0.2) is 115 Å². The van der Waals surface area contributed by atoms with Crippen LogP contribution >= 0.6 is 0 Å². The molecule has 3 radical (unpaired) electrons. The van der Waals surface area contributed by atoms with Gasteiger partial charge in [0.1, 0.15) is 0 Å². The van der Waals surface area contributed by atoms with Crippen molar-refractivity contribution in [3.63, 3.8) is 0 Å². The van der Waals surface area contributed by atoms with Gasteiger partial charge in [-0.25, -0.2) is 0 Å². The van der Waals surface area contributed by atoms with Gasteiger partial charge in [-0.05, 0) is 0 Å². The Morgan fingerprint density at radius 1 is 0.429 bits per heavy atom. The average molecular weight is 739 g/mol. The minimum absolute atomic E-state index is 0.0112. The maximum atomic E-state index is 2.59. The van der Waals surface area contributed by atoms with E-state index in [0.717, 1.165) is 38.6 Å². The summed E-state index contributed by atoms with van der Waals surface area (Å²) in [6, 6.07) is 44.4. The Kier molecular flexibility index (Phi) is 6.85. The number of aryl methyl sites for hydroxylation is 4. The van der Waals surface area contributed by atoms with Crippen molar-refractivity contribution in [3.8, 4) is 0 Å². The standard InChI is InChI=1S/C41H39.Pb/c1-28-24-36-35(32-14-8-5-9-15-32)20-21-40(37(36)25-29(28)2)22-23-41(33-16-10-6-11-17-33,34-18-12-7-13-19-34)39-27-31(4)30(3)26-38(39)40;/h5-19,24-27H,20-23H2,1-4H3;. The minimum atomic E-state index is -0.170. The SMILES string of the molecule is Cc1cc2c(cc1C)C1(CC[C]2([Pb])c2ccccc2)CCC(c2ccccc2)(c2ccccc2)c2cc(C)c(C)cc21. The van der Waals surface area contributed by atoms with E-state index >= 15 is 0 Å². The summed E-state index contributed by atoms with van der Waals surface area (Å²) < 4.78 is 0.133. The van der Waals surface area contributed by atoms with Gasteiger partial charge in [0.2, 0.25) is 0 Å². The first-order valence-electron chi connectivity index (χ1n) is 15.5. The van der Waals surface area contributed by atoms with Gasteiger partial charge in [-0.3, -0.25) is 0 Å². The Hall–Kier alpha value is -2.98. The van der Waals surface area contributed by atoms with Crippen LogP contribution in [0.1, 0.15) is 86.9 Å². The van der Waals surface area contributed by atoms with E-state index in [4.69, 9.17) is 0 Å². The molecule has 0 saturated heterocycles. The fraction of sp³-hybridized carbons (Fsp3) is 0.268. The van der Waals surface area contributed by atoms with E-state index in [9.17, 15) is 0 Å². The van der Waals surface area contributed by atoms with Crippen molar-refractivity contribution in [2.45, 2.75) is 67.2 Å². The van der Waals surface area contributed by atoms with Crippen LogP contribution in [0, 0.1) is 27.7 Å². The topological polar surface area (TPSA) is 0 Å². The fourth-order valence-electron chi connectivity index (χ4n) is 8.24. The molecule has 42 heavy (non-hydrogen) atoms. The molecule has 0 aromatic heterocycles. The van der Waals surface area contributed by atoms with Crippen LogP contribution in [-0.4, -0.2) is 25.8 Å². The number of hydrogen-bond donors (Lipinski definition) is 0. The normalized spacial score (nSPS) is 22.4.